The van der Waals surface area contributed by atoms with E-state index in [2.05, 4.69) is 60.0 Å². The fourth-order valence-corrected chi connectivity index (χ4v) is 3.21. The van der Waals surface area contributed by atoms with Crippen molar-refractivity contribution in [3.63, 3.8) is 0 Å². The van der Waals surface area contributed by atoms with Crippen LogP contribution < -0.4 is 10.6 Å². The Morgan fingerprint density at radius 3 is 2.81 bits per heavy atom. The summed E-state index contributed by atoms with van der Waals surface area (Å²) in [6.07, 6.45) is 2.19. The molecular formula is C16H15Br2N3. The molecule has 0 fully saturated rings. The molecular weight excluding hydrogens is 394 g/mol. The normalized spacial score (nSPS) is 15.0. The SMILES string of the molecule is NC(=Nc1cc(Br)ccc1Br)N1CCCc2ccccc21. The number of hydrogen-bond acceptors (Lipinski definition) is 1. The summed E-state index contributed by atoms with van der Waals surface area (Å²) in [6, 6.07) is 14.2. The van der Waals surface area contributed by atoms with Gasteiger partial charge >= 0.3 is 0 Å². The molecule has 21 heavy (non-hydrogen) atoms. The maximum absolute atomic E-state index is 6.25. The van der Waals surface area contributed by atoms with E-state index < -0.39 is 0 Å². The van der Waals surface area contributed by atoms with Crippen molar-refractivity contribution in [1.82, 2.24) is 0 Å². The molecule has 1 aliphatic heterocycles. The first-order chi connectivity index (χ1) is 10.1. The van der Waals surface area contributed by atoms with Crippen molar-refractivity contribution in [2.24, 2.45) is 10.7 Å². The number of para-hydroxylation sites is 1. The minimum absolute atomic E-state index is 0.529. The molecule has 1 aliphatic rings. The summed E-state index contributed by atoms with van der Waals surface area (Å²) in [6.45, 7) is 0.901. The number of anilines is 1. The van der Waals surface area contributed by atoms with Gasteiger partial charge in [-0.2, -0.15) is 0 Å². The smallest absolute Gasteiger partial charge is 0.201 e. The van der Waals surface area contributed by atoms with Gasteiger partial charge in [0.25, 0.3) is 0 Å². The Morgan fingerprint density at radius 1 is 1.14 bits per heavy atom. The summed E-state index contributed by atoms with van der Waals surface area (Å²) in [4.78, 5) is 6.67. The summed E-state index contributed by atoms with van der Waals surface area (Å²) >= 11 is 6.98. The number of rotatable bonds is 1. The van der Waals surface area contributed by atoms with Crippen molar-refractivity contribution >= 4 is 49.2 Å². The van der Waals surface area contributed by atoms with Crippen LogP contribution in [0.15, 0.2) is 56.4 Å². The number of guanidine groups is 1. The number of nitrogens with two attached hydrogens (primary N) is 1. The van der Waals surface area contributed by atoms with Crippen molar-refractivity contribution in [1.29, 1.82) is 0 Å². The van der Waals surface area contributed by atoms with Crippen LogP contribution in [0.1, 0.15) is 12.0 Å². The Balaban J connectivity index is 1.97. The number of halogens is 2. The molecule has 3 nitrogen and oxygen atoms in total. The van der Waals surface area contributed by atoms with Crippen LogP contribution in [0.3, 0.4) is 0 Å². The largest absolute Gasteiger partial charge is 0.369 e. The number of hydrogen-bond donors (Lipinski definition) is 1. The summed E-state index contributed by atoms with van der Waals surface area (Å²) in [5.74, 6) is 0.529. The van der Waals surface area contributed by atoms with Gasteiger partial charge in [0.2, 0.25) is 5.96 Å². The maximum atomic E-state index is 6.25. The molecule has 0 bridgehead atoms. The highest BCUT2D eigenvalue weighted by Crippen LogP contribution is 2.30. The number of aliphatic imine (C=N–C) groups is 1. The Kier molecular flexibility index (Phi) is 4.31. The first-order valence-electron chi connectivity index (χ1n) is 6.80. The quantitative estimate of drug-likeness (QED) is 0.552. The van der Waals surface area contributed by atoms with Gasteiger partial charge < -0.3 is 10.6 Å². The Morgan fingerprint density at radius 2 is 1.95 bits per heavy atom. The Hall–Kier alpha value is -1.33. The second-order valence-corrected chi connectivity index (χ2v) is 6.72. The zero-order valence-electron chi connectivity index (χ0n) is 11.4. The summed E-state index contributed by atoms with van der Waals surface area (Å²) in [7, 11) is 0. The minimum atomic E-state index is 0.529. The molecule has 1 heterocycles. The predicted octanol–water partition coefficient (Wildman–Crippen LogP) is 4.61. The molecule has 0 atom stereocenters. The highest BCUT2D eigenvalue weighted by molar-refractivity contribution is 9.11. The van der Waals surface area contributed by atoms with Crippen molar-refractivity contribution in [3.8, 4) is 0 Å². The van der Waals surface area contributed by atoms with Gasteiger partial charge in [-0.15, -0.1) is 0 Å². The lowest BCUT2D eigenvalue weighted by molar-refractivity contribution is 0.775. The van der Waals surface area contributed by atoms with E-state index in [1.165, 1.54) is 5.56 Å². The van der Waals surface area contributed by atoms with Gasteiger partial charge in [-0.1, -0.05) is 34.1 Å². The highest BCUT2D eigenvalue weighted by Gasteiger charge is 2.19. The van der Waals surface area contributed by atoms with E-state index in [1.807, 2.05) is 24.3 Å². The standard InChI is InChI=1S/C16H15Br2N3/c17-12-7-8-13(18)14(10-12)20-16(19)21-9-3-5-11-4-1-2-6-15(11)21/h1-2,4,6-8,10H,3,5,9H2,(H2,19,20). The van der Waals surface area contributed by atoms with Crippen LogP contribution in [0.25, 0.3) is 0 Å². The van der Waals surface area contributed by atoms with E-state index in [1.54, 1.807) is 0 Å². The lowest BCUT2D eigenvalue weighted by atomic mass is 10.0. The first-order valence-corrected chi connectivity index (χ1v) is 8.38. The van der Waals surface area contributed by atoms with Gasteiger partial charge in [-0.05, 0) is 58.6 Å². The van der Waals surface area contributed by atoms with Crippen LogP contribution in [-0.4, -0.2) is 12.5 Å². The average molecular weight is 409 g/mol. The van der Waals surface area contributed by atoms with Gasteiger partial charge in [-0.25, -0.2) is 4.99 Å². The predicted molar refractivity (Wildman–Crippen MR) is 95.2 cm³/mol. The van der Waals surface area contributed by atoms with Crippen LogP contribution in [0.5, 0.6) is 0 Å². The molecule has 0 saturated carbocycles. The molecule has 5 heteroatoms. The number of fused-ring (bicyclic) bond motifs is 1. The van der Waals surface area contributed by atoms with Crippen molar-refractivity contribution in [2.45, 2.75) is 12.8 Å². The summed E-state index contributed by atoms with van der Waals surface area (Å²) in [5, 5.41) is 0. The van der Waals surface area contributed by atoms with E-state index in [0.29, 0.717) is 5.96 Å². The van der Waals surface area contributed by atoms with Crippen molar-refractivity contribution in [2.75, 3.05) is 11.4 Å². The maximum Gasteiger partial charge on any atom is 0.201 e. The highest BCUT2D eigenvalue weighted by atomic mass is 79.9. The topological polar surface area (TPSA) is 41.6 Å². The number of aryl methyl sites for hydroxylation is 1. The van der Waals surface area contributed by atoms with Crippen LogP contribution in [0.4, 0.5) is 11.4 Å². The van der Waals surface area contributed by atoms with Gasteiger partial charge in [0.15, 0.2) is 0 Å². The Bertz CT molecular complexity index is 698. The van der Waals surface area contributed by atoms with Gasteiger partial charge in [-0.3, -0.25) is 0 Å². The van der Waals surface area contributed by atoms with Crippen LogP contribution in [0.2, 0.25) is 0 Å². The molecule has 0 amide bonds. The second kappa shape index (κ2) is 6.20. The number of benzene rings is 2. The van der Waals surface area contributed by atoms with Gasteiger partial charge in [0, 0.05) is 21.2 Å². The monoisotopic (exact) mass is 407 g/mol. The molecule has 0 unspecified atom stereocenters. The third-order valence-corrected chi connectivity index (χ3v) is 4.69. The molecule has 0 aliphatic carbocycles. The summed E-state index contributed by atoms with van der Waals surface area (Å²) < 4.78 is 1.91. The number of nitrogens with zero attached hydrogens (tertiary/aromatic N) is 2. The van der Waals surface area contributed by atoms with Crippen LogP contribution in [0, 0.1) is 0 Å². The molecule has 0 aromatic heterocycles. The zero-order valence-corrected chi connectivity index (χ0v) is 14.6. The third kappa shape index (κ3) is 3.14. The molecule has 108 valence electrons. The zero-order chi connectivity index (χ0) is 14.8. The van der Waals surface area contributed by atoms with Crippen LogP contribution in [-0.2, 0) is 6.42 Å². The lowest BCUT2D eigenvalue weighted by Gasteiger charge is -2.30. The van der Waals surface area contributed by atoms with Gasteiger partial charge in [0.1, 0.15) is 0 Å². The molecule has 3 rings (SSSR count). The molecule has 0 spiro atoms. The molecule has 2 aromatic carbocycles. The van der Waals surface area contributed by atoms with E-state index in [-0.39, 0.29) is 0 Å². The molecule has 2 N–H and O–H groups in total. The molecule has 0 radical (unpaired) electrons. The minimum Gasteiger partial charge on any atom is -0.369 e. The van der Waals surface area contributed by atoms with E-state index >= 15 is 0 Å². The summed E-state index contributed by atoms with van der Waals surface area (Å²) in [5.41, 5.74) is 9.57. The van der Waals surface area contributed by atoms with Crippen molar-refractivity contribution in [3.05, 3.63) is 57.0 Å². The molecule has 2 aromatic rings. The van der Waals surface area contributed by atoms with E-state index in [0.717, 1.165) is 39.7 Å². The lowest BCUT2D eigenvalue weighted by Crippen LogP contribution is -2.40. The first kappa shape index (κ1) is 14.6. The average Bonchev–Trinajstić information content (AvgIpc) is 2.50. The fourth-order valence-electron chi connectivity index (χ4n) is 2.53. The van der Waals surface area contributed by atoms with E-state index in [9.17, 15) is 0 Å². The third-order valence-electron chi connectivity index (χ3n) is 3.53. The second-order valence-electron chi connectivity index (χ2n) is 4.95. The Labute approximate surface area is 141 Å². The fraction of sp³-hybridized carbons (Fsp3) is 0.188. The van der Waals surface area contributed by atoms with Crippen LogP contribution >= 0.6 is 31.9 Å². The van der Waals surface area contributed by atoms with Gasteiger partial charge in [0.05, 0.1) is 5.69 Å². The van der Waals surface area contributed by atoms with E-state index in [4.69, 9.17) is 5.73 Å². The molecule has 0 saturated heterocycles. The van der Waals surface area contributed by atoms with Crippen molar-refractivity contribution < 1.29 is 0 Å².